The lowest BCUT2D eigenvalue weighted by atomic mass is 10.2. The summed E-state index contributed by atoms with van der Waals surface area (Å²) in [6, 6.07) is 7.65. The van der Waals surface area contributed by atoms with Crippen LogP contribution in [0.25, 0.3) is 6.08 Å². The molecule has 1 fully saturated rings. The Labute approximate surface area is 140 Å². The van der Waals surface area contributed by atoms with Crippen molar-refractivity contribution >= 4 is 32.6 Å². The highest BCUT2D eigenvalue weighted by atomic mass is 32.2. The summed E-state index contributed by atoms with van der Waals surface area (Å²) in [5, 5.41) is 4.11. The molecule has 1 aromatic heterocycles. The van der Waals surface area contributed by atoms with Crippen LogP contribution in [0.2, 0.25) is 0 Å². The highest BCUT2D eigenvalue weighted by Gasteiger charge is 2.26. The minimum Gasteiger partial charge on any atom is -0.346 e. The predicted molar refractivity (Wildman–Crippen MR) is 95.0 cm³/mol. The summed E-state index contributed by atoms with van der Waals surface area (Å²) in [6.45, 7) is 3.48. The third-order valence-corrected chi connectivity index (χ3v) is 5.71. The minimum absolute atomic E-state index is 0.0773. The lowest BCUT2D eigenvalue weighted by molar-refractivity contribution is 0.570. The van der Waals surface area contributed by atoms with Crippen LogP contribution in [0.5, 0.6) is 0 Å². The number of aryl methyl sites for hydroxylation is 1. The molecule has 7 heteroatoms. The molecule has 0 radical (unpaired) electrons. The molecule has 1 aliphatic heterocycles. The van der Waals surface area contributed by atoms with Gasteiger partial charge in [0, 0.05) is 36.1 Å². The molecule has 2 aromatic rings. The number of anilines is 1. The van der Waals surface area contributed by atoms with Crippen molar-refractivity contribution < 1.29 is 8.42 Å². The summed E-state index contributed by atoms with van der Waals surface area (Å²) in [7, 11) is -3.44. The minimum atomic E-state index is -3.44. The van der Waals surface area contributed by atoms with Gasteiger partial charge in [0.1, 0.15) is 0 Å². The second kappa shape index (κ2) is 6.82. The first-order valence-corrected chi connectivity index (χ1v) is 9.86. The molecule has 1 saturated heterocycles. The zero-order valence-electron chi connectivity index (χ0n) is 12.8. The fourth-order valence-corrected chi connectivity index (χ4v) is 4.27. The van der Waals surface area contributed by atoms with Crippen molar-refractivity contribution in [1.82, 2.24) is 9.71 Å². The van der Waals surface area contributed by atoms with Crippen LogP contribution < -0.4 is 9.62 Å². The van der Waals surface area contributed by atoms with Gasteiger partial charge in [-0.1, -0.05) is 29.8 Å². The fraction of sp³-hybridized carbons (Fsp3) is 0.312. The topological polar surface area (TPSA) is 62.3 Å². The molecule has 5 nitrogen and oxygen atoms in total. The zero-order valence-corrected chi connectivity index (χ0v) is 14.5. The van der Waals surface area contributed by atoms with Gasteiger partial charge < -0.3 is 4.90 Å². The Morgan fingerprint density at radius 3 is 2.83 bits per heavy atom. The number of benzene rings is 1. The van der Waals surface area contributed by atoms with E-state index in [1.807, 2.05) is 36.6 Å². The highest BCUT2D eigenvalue weighted by molar-refractivity contribution is 7.92. The maximum Gasteiger partial charge on any atom is 0.234 e. The second-order valence-corrected chi connectivity index (χ2v) is 8.09. The van der Waals surface area contributed by atoms with E-state index >= 15 is 0 Å². The Morgan fingerprint density at radius 2 is 2.13 bits per heavy atom. The van der Waals surface area contributed by atoms with E-state index in [4.69, 9.17) is 0 Å². The van der Waals surface area contributed by atoms with E-state index in [-0.39, 0.29) is 6.04 Å². The van der Waals surface area contributed by atoms with E-state index in [0.717, 1.165) is 29.2 Å². The number of hydrogen-bond donors (Lipinski definition) is 1. The number of aromatic nitrogens is 1. The average molecular weight is 349 g/mol. The van der Waals surface area contributed by atoms with Crippen molar-refractivity contribution in [2.45, 2.75) is 19.4 Å². The van der Waals surface area contributed by atoms with Crippen molar-refractivity contribution in [3.63, 3.8) is 0 Å². The van der Waals surface area contributed by atoms with Gasteiger partial charge in [0.05, 0.1) is 0 Å². The van der Waals surface area contributed by atoms with Gasteiger partial charge in [0.2, 0.25) is 10.0 Å². The molecule has 0 unspecified atom stereocenters. The van der Waals surface area contributed by atoms with Crippen molar-refractivity contribution in [3.8, 4) is 0 Å². The number of hydrogen-bond acceptors (Lipinski definition) is 5. The molecule has 3 rings (SSSR count). The molecule has 122 valence electrons. The van der Waals surface area contributed by atoms with Crippen LogP contribution in [0, 0.1) is 6.92 Å². The average Bonchev–Trinajstić information content (AvgIpc) is 3.17. The van der Waals surface area contributed by atoms with Crippen molar-refractivity contribution in [3.05, 3.63) is 52.4 Å². The summed E-state index contributed by atoms with van der Waals surface area (Å²) in [6.07, 6.45) is 4.17. The number of thiazole rings is 1. The zero-order chi connectivity index (χ0) is 16.3. The van der Waals surface area contributed by atoms with Crippen LogP contribution in [-0.2, 0) is 10.0 Å². The Balaban J connectivity index is 1.59. The molecule has 1 aromatic carbocycles. The lowest BCUT2D eigenvalue weighted by Crippen LogP contribution is -2.35. The van der Waals surface area contributed by atoms with Gasteiger partial charge in [0.15, 0.2) is 5.13 Å². The Kier molecular flexibility index (Phi) is 4.79. The van der Waals surface area contributed by atoms with E-state index < -0.39 is 10.0 Å². The fourth-order valence-electron chi connectivity index (χ4n) is 2.52. The van der Waals surface area contributed by atoms with Crippen molar-refractivity contribution in [1.29, 1.82) is 0 Å². The van der Waals surface area contributed by atoms with Gasteiger partial charge in [-0.05, 0) is 25.0 Å². The Hall–Kier alpha value is -1.70. The van der Waals surface area contributed by atoms with E-state index in [0.29, 0.717) is 6.54 Å². The predicted octanol–water partition coefficient (Wildman–Crippen LogP) is 2.62. The number of sulfonamides is 1. The van der Waals surface area contributed by atoms with E-state index in [1.54, 1.807) is 23.6 Å². The quantitative estimate of drug-likeness (QED) is 0.901. The summed E-state index contributed by atoms with van der Waals surface area (Å²) < 4.78 is 27.1. The van der Waals surface area contributed by atoms with Crippen molar-refractivity contribution in [2.24, 2.45) is 0 Å². The molecule has 1 aliphatic rings. The van der Waals surface area contributed by atoms with E-state index in [2.05, 4.69) is 14.6 Å². The van der Waals surface area contributed by atoms with Crippen LogP contribution in [0.1, 0.15) is 17.5 Å². The first-order valence-electron chi connectivity index (χ1n) is 7.43. The molecule has 0 saturated carbocycles. The molecular weight excluding hydrogens is 330 g/mol. The van der Waals surface area contributed by atoms with E-state index in [1.165, 1.54) is 5.41 Å². The molecule has 1 N–H and O–H groups in total. The Bertz CT molecular complexity index is 768. The van der Waals surface area contributed by atoms with E-state index in [9.17, 15) is 8.42 Å². The molecule has 0 aliphatic carbocycles. The number of nitrogens with zero attached hydrogens (tertiary/aromatic N) is 2. The third-order valence-electron chi connectivity index (χ3n) is 3.73. The van der Waals surface area contributed by atoms with Crippen LogP contribution in [0.15, 0.2) is 41.3 Å². The highest BCUT2D eigenvalue weighted by Crippen LogP contribution is 2.22. The van der Waals surface area contributed by atoms with Crippen LogP contribution in [0.3, 0.4) is 0 Å². The third kappa shape index (κ3) is 4.40. The largest absolute Gasteiger partial charge is 0.346 e. The molecule has 23 heavy (non-hydrogen) atoms. The maximum absolute atomic E-state index is 12.2. The first-order chi connectivity index (χ1) is 11.0. The van der Waals surface area contributed by atoms with Crippen molar-refractivity contribution in [2.75, 3.05) is 18.0 Å². The molecule has 0 spiro atoms. The second-order valence-electron chi connectivity index (χ2n) is 5.62. The normalized spacial score (nSPS) is 18.8. The smallest absolute Gasteiger partial charge is 0.234 e. The first kappa shape index (κ1) is 16.2. The summed E-state index contributed by atoms with van der Waals surface area (Å²) in [5.74, 6) is 0. The summed E-state index contributed by atoms with van der Waals surface area (Å²) >= 11 is 1.57. The van der Waals surface area contributed by atoms with Crippen LogP contribution >= 0.6 is 11.3 Å². The summed E-state index contributed by atoms with van der Waals surface area (Å²) in [4.78, 5) is 6.38. The van der Waals surface area contributed by atoms with Crippen LogP contribution in [-0.4, -0.2) is 32.5 Å². The molecule has 1 atom stereocenters. The molecule has 0 bridgehead atoms. The Morgan fingerprint density at radius 1 is 1.35 bits per heavy atom. The molecule has 2 heterocycles. The SMILES string of the molecule is Cc1ccc(/C=C/S(=O)(=O)N[C@H]2CCN(c3nccs3)C2)cc1. The lowest BCUT2D eigenvalue weighted by Gasteiger charge is -2.15. The van der Waals surface area contributed by atoms with Gasteiger partial charge in [0.25, 0.3) is 0 Å². The maximum atomic E-state index is 12.2. The molecule has 0 amide bonds. The van der Waals surface area contributed by atoms with Gasteiger partial charge in [-0.15, -0.1) is 11.3 Å². The number of nitrogens with one attached hydrogen (secondary N) is 1. The van der Waals surface area contributed by atoms with Gasteiger partial charge in [-0.25, -0.2) is 18.1 Å². The van der Waals surface area contributed by atoms with Gasteiger partial charge >= 0.3 is 0 Å². The monoisotopic (exact) mass is 349 g/mol. The number of rotatable bonds is 5. The summed E-state index contributed by atoms with van der Waals surface area (Å²) in [5.41, 5.74) is 2.02. The van der Waals surface area contributed by atoms with Crippen LogP contribution in [0.4, 0.5) is 5.13 Å². The van der Waals surface area contributed by atoms with Gasteiger partial charge in [-0.3, -0.25) is 0 Å². The van der Waals surface area contributed by atoms with Gasteiger partial charge in [-0.2, -0.15) is 0 Å². The standard InChI is InChI=1S/C16H19N3O2S2/c1-13-2-4-14(5-3-13)7-11-23(20,21)18-15-6-9-19(12-15)16-17-8-10-22-16/h2-5,7-8,10-11,15,18H,6,9,12H2,1H3/b11-7+/t15-/m0/s1. The molecular formula is C16H19N3O2S2.